The van der Waals surface area contributed by atoms with E-state index in [1.165, 1.54) is 7.69 Å². The molecule has 0 aliphatic heterocycles. The summed E-state index contributed by atoms with van der Waals surface area (Å²) < 4.78 is 10.2. The molecule has 4 heteroatoms. The third kappa shape index (κ3) is 4.46. The standard InChI is InChI=1S/C9H18BO3/c1-6-7-12-10-13-9(4,5)8(2,3)11/h6,11H,1,7H2,2-5H3. The molecule has 3 nitrogen and oxygen atoms in total. The monoisotopic (exact) mass is 185 g/mol. The lowest BCUT2D eigenvalue weighted by Crippen LogP contribution is -2.48. The first kappa shape index (κ1) is 12.7. The smallest absolute Gasteiger partial charge is 0.410 e. The third-order valence-corrected chi connectivity index (χ3v) is 2.10. The van der Waals surface area contributed by atoms with Gasteiger partial charge in [0.25, 0.3) is 0 Å². The zero-order chi connectivity index (χ0) is 10.5. The number of rotatable bonds is 6. The molecule has 0 spiro atoms. The van der Waals surface area contributed by atoms with Gasteiger partial charge < -0.3 is 14.4 Å². The first-order valence-corrected chi connectivity index (χ1v) is 4.25. The molecule has 0 atom stereocenters. The van der Waals surface area contributed by atoms with Crippen molar-refractivity contribution < 1.29 is 14.4 Å². The minimum Gasteiger partial charge on any atom is -0.410 e. The van der Waals surface area contributed by atoms with Gasteiger partial charge in [-0.3, -0.25) is 0 Å². The topological polar surface area (TPSA) is 38.7 Å². The number of hydrogen-bond acceptors (Lipinski definition) is 3. The normalized spacial score (nSPS) is 12.7. The molecule has 0 aromatic rings. The Morgan fingerprint density at radius 1 is 1.38 bits per heavy atom. The summed E-state index contributed by atoms with van der Waals surface area (Å²) in [6.07, 6.45) is 1.62. The SMILES string of the molecule is C=CCO[B]OC(C)(C)C(C)(C)O. The lowest BCUT2D eigenvalue weighted by molar-refractivity contribution is -0.0973. The zero-order valence-electron chi connectivity index (χ0n) is 8.83. The Balaban J connectivity index is 3.83. The molecule has 75 valence electrons. The van der Waals surface area contributed by atoms with Crippen molar-refractivity contribution in [2.24, 2.45) is 0 Å². The highest BCUT2D eigenvalue weighted by molar-refractivity contribution is 6.18. The van der Waals surface area contributed by atoms with E-state index in [2.05, 4.69) is 6.58 Å². The summed E-state index contributed by atoms with van der Waals surface area (Å²) in [5, 5.41) is 9.68. The lowest BCUT2D eigenvalue weighted by Gasteiger charge is -2.37. The summed E-state index contributed by atoms with van der Waals surface area (Å²) in [5.74, 6) is 0. The van der Waals surface area contributed by atoms with Crippen molar-refractivity contribution in [3.63, 3.8) is 0 Å². The van der Waals surface area contributed by atoms with E-state index in [1.54, 1.807) is 33.8 Å². The van der Waals surface area contributed by atoms with Crippen LogP contribution < -0.4 is 0 Å². The summed E-state index contributed by atoms with van der Waals surface area (Å²) in [4.78, 5) is 0. The van der Waals surface area contributed by atoms with Crippen LogP contribution in [0.1, 0.15) is 27.7 Å². The minimum absolute atomic E-state index is 0.405. The van der Waals surface area contributed by atoms with Crippen LogP contribution in [0.4, 0.5) is 0 Å². The molecular weight excluding hydrogens is 167 g/mol. The van der Waals surface area contributed by atoms with Crippen molar-refractivity contribution in [1.82, 2.24) is 0 Å². The van der Waals surface area contributed by atoms with Gasteiger partial charge in [0.1, 0.15) is 0 Å². The van der Waals surface area contributed by atoms with Crippen LogP contribution >= 0.6 is 0 Å². The van der Waals surface area contributed by atoms with Crippen molar-refractivity contribution in [1.29, 1.82) is 0 Å². The third-order valence-electron chi connectivity index (χ3n) is 2.10. The summed E-state index contributed by atoms with van der Waals surface area (Å²) >= 11 is 0. The lowest BCUT2D eigenvalue weighted by atomic mass is 9.89. The molecule has 13 heavy (non-hydrogen) atoms. The maximum Gasteiger partial charge on any atom is 0.488 e. The van der Waals surface area contributed by atoms with Crippen LogP contribution in [0.3, 0.4) is 0 Å². The van der Waals surface area contributed by atoms with Crippen LogP contribution in [0.25, 0.3) is 0 Å². The Morgan fingerprint density at radius 3 is 2.31 bits per heavy atom. The van der Waals surface area contributed by atoms with Gasteiger partial charge in [0, 0.05) is 6.61 Å². The highest BCUT2D eigenvalue weighted by Gasteiger charge is 2.35. The van der Waals surface area contributed by atoms with Gasteiger partial charge >= 0.3 is 7.69 Å². The molecule has 0 aliphatic carbocycles. The van der Waals surface area contributed by atoms with Crippen molar-refractivity contribution in [3.05, 3.63) is 12.7 Å². The average molecular weight is 185 g/mol. The van der Waals surface area contributed by atoms with Crippen LogP contribution in [0.2, 0.25) is 0 Å². The zero-order valence-corrected chi connectivity index (χ0v) is 8.83. The summed E-state index contributed by atoms with van der Waals surface area (Å²) in [6.45, 7) is 10.9. The van der Waals surface area contributed by atoms with E-state index in [-0.39, 0.29) is 0 Å². The molecular formula is C9H18BO3. The molecule has 0 aromatic heterocycles. The first-order chi connectivity index (χ1) is 5.81. The molecule has 0 bridgehead atoms. The second-order valence-corrected chi connectivity index (χ2v) is 3.91. The molecule has 0 saturated heterocycles. The van der Waals surface area contributed by atoms with Gasteiger partial charge in [-0.2, -0.15) is 0 Å². The van der Waals surface area contributed by atoms with Gasteiger partial charge in [0.15, 0.2) is 0 Å². The second-order valence-electron chi connectivity index (χ2n) is 3.91. The van der Waals surface area contributed by atoms with E-state index >= 15 is 0 Å². The molecule has 0 unspecified atom stereocenters. The Labute approximate surface area is 81.0 Å². The molecule has 0 amide bonds. The van der Waals surface area contributed by atoms with E-state index in [4.69, 9.17) is 9.31 Å². The molecule has 0 aliphatic rings. The van der Waals surface area contributed by atoms with Crippen LogP contribution in [0.15, 0.2) is 12.7 Å². The molecule has 0 fully saturated rings. The molecule has 0 aromatic carbocycles. The molecule has 0 rings (SSSR count). The first-order valence-electron chi connectivity index (χ1n) is 4.25. The van der Waals surface area contributed by atoms with E-state index < -0.39 is 11.2 Å². The Morgan fingerprint density at radius 2 is 1.92 bits per heavy atom. The maximum atomic E-state index is 9.68. The van der Waals surface area contributed by atoms with Crippen molar-refractivity contribution >= 4 is 7.69 Å². The predicted molar refractivity (Wildman–Crippen MR) is 53.4 cm³/mol. The van der Waals surface area contributed by atoms with Gasteiger partial charge in [-0.15, -0.1) is 6.58 Å². The van der Waals surface area contributed by atoms with Crippen LogP contribution in [0.5, 0.6) is 0 Å². The Hall–Kier alpha value is -0.315. The molecule has 0 saturated carbocycles. The van der Waals surface area contributed by atoms with Gasteiger partial charge in [0.2, 0.25) is 0 Å². The van der Waals surface area contributed by atoms with E-state index in [1.807, 2.05) is 0 Å². The van der Waals surface area contributed by atoms with Crippen LogP contribution in [0, 0.1) is 0 Å². The van der Waals surface area contributed by atoms with Gasteiger partial charge in [-0.1, -0.05) is 6.08 Å². The second kappa shape index (κ2) is 4.79. The average Bonchev–Trinajstić information content (AvgIpc) is 1.96. The fraction of sp³-hybridized carbons (Fsp3) is 0.778. The van der Waals surface area contributed by atoms with Gasteiger partial charge in [0.05, 0.1) is 11.2 Å². The van der Waals surface area contributed by atoms with E-state index in [0.29, 0.717) is 6.61 Å². The van der Waals surface area contributed by atoms with Gasteiger partial charge in [-0.05, 0) is 27.7 Å². The van der Waals surface area contributed by atoms with Crippen molar-refractivity contribution in [2.45, 2.75) is 38.9 Å². The van der Waals surface area contributed by atoms with Crippen LogP contribution in [-0.4, -0.2) is 30.6 Å². The highest BCUT2D eigenvalue weighted by atomic mass is 16.6. The fourth-order valence-corrected chi connectivity index (χ4v) is 0.406. The van der Waals surface area contributed by atoms with Crippen molar-refractivity contribution in [3.8, 4) is 0 Å². The predicted octanol–water partition coefficient (Wildman–Crippen LogP) is 1.29. The Kier molecular flexibility index (Phi) is 4.68. The van der Waals surface area contributed by atoms with E-state index in [0.717, 1.165) is 0 Å². The fourth-order valence-electron chi connectivity index (χ4n) is 0.406. The quantitative estimate of drug-likeness (QED) is 0.385. The highest BCUT2D eigenvalue weighted by Crippen LogP contribution is 2.24. The van der Waals surface area contributed by atoms with Crippen molar-refractivity contribution in [2.75, 3.05) is 6.61 Å². The Bertz CT molecular complexity index is 161. The van der Waals surface area contributed by atoms with Gasteiger partial charge in [-0.25, -0.2) is 0 Å². The van der Waals surface area contributed by atoms with E-state index in [9.17, 15) is 5.11 Å². The summed E-state index contributed by atoms with van der Waals surface area (Å²) in [5.41, 5.74) is -1.59. The molecule has 0 heterocycles. The summed E-state index contributed by atoms with van der Waals surface area (Å²) in [7, 11) is 1.24. The number of hydrogen-bond donors (Lipinski definition) is 1. The molecule has 1 radical (unpaired) electrons. The van der Waals surface area contributed by atoms with Crippen LogP contribution in [-0.2, 0) is 9.31 Å². The largest absolute Gasteiger partial charge is 0.488 e. The maximum absolute atomic E-state index is 9.68. The number of aliphatic hydroxyl groups is 1. The minimum atomic E-state index is -0.916. The summed E-state index contributed by atoms with van der Waals surface area (Å²) in [6, 6.07) is 0. The molecule has 1 N–H and O–H groups in total.